The molecule has 2 aromatic rings. The summed E-state index contributed by atoms with van der Waals surface area (Å²) in [5.74, 6) is 1.43. The molecule has 2 rings (SSSR count). The second kappa shape index (κ2) is 10.8. The first-order valence-corrected chi connectivity index (χ1v) is 9.47. The third kappa shape index (κ3) is 7.08. The molecule has 160 valence electrons. The van der Waals surface area contributed by atoms with Gasteiger partial charge in [0.2, 0.25) is 5.88 Å². The van der Waals surface area contributed by atoms with Gasteiger partial charge in [0, 0.05) is 25.7 Å². The lowest BCUT2D eigenvalue weighted by Gasteiger charge is -2.13. The molecule has 0 saturated heterocycles. The fraction of sp³-hybridized carbons (Fsp3) is 0.529. The Balaban J connectivity index is 1.81. The van der Waals surface area contributed by atoms with Gasteiger partial charge in [0.15, 0.2) is 5.96 Å². The van der Waals surface area contributed by atoms with Gasteiger partial charge in [-0.2, -0.15) is 13.2 Å². The highest BCUT2D eigenvalue weighted by atomic mass is 35.5. The fourth-order valence-electron chi connectivity index (χ4n) is 2.35. The molecular weight excluding hydrogens is 411 g/mol. The highest BCUT2D eigenvalue weighted by Crippen LogP contribution is 2.32. The Bertz CT molecular complexity index is 811. The number of guanidine groups is 1. The number of alkyl halides is 3. The molecule has 29 heavy (non-hydrogen) atoms. The first-order chi connectivity index (χ1) is 13.8. The number of ether oxygens (including phenoxy) is 1. The van der Waals surface area contributed by atoms with Crippen molar-refractivity contribution in [1.29, 1.82) is 0 Å². The minimum absolute atomic E-state index is 0.0527. The quantitative estimate of drug-likeness (QED) is 0.359. The molecule has 0 fully saturated rings. The van der Waals surface area contributed by atoms with Crippen LogP contribution >= 0.6 is 11.6 Å². The predicted molar refractivity (Wildman–Crippen MR) is 103 cm³/mol. The second-order valence-corrected chi connectivity index (χ2v) is 6.25. The Morgan fingerprint density at radius 2 is 2.10 bits per heavy atom. The van der Waals surface area contributed by atoms with E-state index in [1.807, 2.05) is 18.4 Å². The molecule has 0 aromatic carbocycles. The van der Waals surface area contributed by atoms with Crippen LogP contribution in [-0.4, -0.2) is 51.9 Å². The minimum atomic E-state index is -4.50. The van der Waals surface area contributed by atoms with E-state index in [4.69, 9.17) is 16.3 Å². The van der Waals surface area contributed by atoms with E-state index in [1.54, 1.807) is 6.33 Å². The van der Waals surface area contributed by atoms with Crippen molar-refractivity contribution >= 4 is 17.6 Å². The van der Waals surface area contributed by atoms with Crippen LogP contribution in [0.2, 0.25) is 5.02 Å². The van der Waals surface area contributed by atoms with Gasteiger partial charge in [0.25, 0.3) is 0 Å². The van der Waals surface area contributed by atoms with Crippen molar-refractivity contribution in [1.82, 2.24) is 30.4 Å². The summed E-state index contributed by atoms with van der Waals surface area (Å²) in [6, 6.07) is 0.790. The summed E-state index contributed by atoms with van der Waals surface area (Å²) in [6.07, 6.45) is -1.35. The molecule has 0 bridgehead atoms. The molecule has 2 aromatic heterocycles. The Morgan fingerprint density at radius 1 is 1.31 bits per heavy atom. The Morgan fingerprint density at radius 3 is 2.76 bits per heavy atom. The number of hydrogen-bond donors (Lipinski definition) is 2. The molecule has 12 heteroatoms. The fourth-order valence-corrected chi connectivity index (χ4v) is 2.58. The number of rotatable bonds is 9. The lowest BCUT2D eigenvalue weighted by molar-refractivity contribution is -0.137. The van der Waals surface area contributed by atoms with Crippen LogP contribution in [0.25, 0.3) is 0 Å². The number of aryl methyl sites for hydroxylation is 1. The second-order valence-electron chi connectivity index (χ2n) is 5.84. The van der Waals surface area contributed by atoms with Crippen LogP contribution in [0.4, 0.5) is 13.2 Å². The summed E-state index contributed by atoms with van der Waals surface area (Å²) in [5, 5.41) is 13.9. The van der Waals surface area contributed by atoms with E-state index in [1.165, 1.54) is 0 Å². The summed E-state index contributed by atoms with van der Waals surface area (Å²) >= 11 is 5.81. The van der Waals surface area contributed by atoms with Crippen LogP contribution in [0.3, 0.4) is 0 Å². The van der Waals surface area contributed by atoms with Gasteiger partial charge in [-0.3, -0.25) is 4.99 Å². The summed E-state index contributed by atoms with van der Waals surface area (Å²) in [4.78, 5) is 8.09. The monoisotopic (exact) mass is 433 g/mol. The summed E-state index contributed by atoms with van der Waals surface area (Å²) in [6.45, 7) is 6.29. The van der Waals surface area contributed by atoms with Crippen LogP contribution in [0.15, 0.2) is 23.6 Å². The van der Waals surface area contributed by atoms with Crippen molar-refractivity contribution in [2.75, 3.05) is 26.2 Å². The highest BCUT2D eigenvalue weighted by molar-refractivity contribution is 6.31. The summed E-state index contributed by atoms with van der Waals surface area (Å²) in [5.41, 5.74) is -0.922. The van der Waals surface area contributed by atoms with Gasteiger partial charge in [-0.25, -0.2) is 4.98 Å². The maximum absolute atomic E-state index is 12.6. The van der Waals surface area contributed by atoms with Crippen molar-refractivity contribution in [2.45, 2.75) is 33.0 Å². The van der Waals surface area contributed by atoms with Crippen LogP contribution in [0.1, 0.15) is 25.2 Å². The van der Waals surface area contributed by atoms with Crippen LogP contribution in [0, 0.1) is 0 Å². The van der Waals surface area contributed by atoms with Crippen molar-refractivity contribution in [2.24, 2.45) is 4.99 Å². The predicted octanol–water partition coefficient (Wildman–Crippen LogP) is 2.54. The largest absolute Gasteiger partial charge is 0.475 e. The molecule has 0 aliphatic carbocycles. The maximum Gasteiger partial charge on any atom is 0.417 e. The zero-order valence-electron chi connectivity index (χ0n) is 16.1. The number of nitrogens with one attached hydrogen (secondary N) is 2. The molecule has 0 amide bonds. The zero-order valence-corrected chi connectivity index (χ0v) is 16.9. The van der Waals surface area contributed by atoms with Crippen LogP contribution in [0.5, 0.6) is 5.88 Å². The Kier molecular flexibility index (Phi) is 8.50. The number of hydrogen-bond acceptors (Lipinski definition) is 5. The maximum atomic E-state index is 12.6. The molecule has 2 heterocycles. The number of halogens is 4. The molecule has 2 N–H and O–H groups in total. The molecule has 8 nitrogen and oxygen atoms in total. The van der Waals surface area contributed by atoms with E-state index < -0.39 is 11.7 Å². The van der Waals surface area contributed by atoms with E-state index >= 15 is 0 Å². The van der Waals surface area contributed by atoms with E-state index in [0.29, 0.717) is 38.3 Å². The molecule has 0 aliphatic heterocycles. The molecule has 0 spiro atoms. The number of nitrogens with zero attached hydrogens (tertiary/aromatic N) is 5. The third-order valence-electron chi connectivity index (χ3n) is 3.74. The smallest absolute Gasteiger partial charge is 0.417 e. The van der Waals surface area contributed by atoms with Gasteiger partial charge in [-0.05, 0) is 13.0 Å². The molecule has 0 radical (unpaired) electrons. The number of aromatic nitrogens is 4. The number of pyridine rings is 1. The first kappa shape index (κ1) is 22.7. The zero-order chi connectivity index (χ0) is 21.3. The molecule has 0 aliphatic rings. The van der Waals surface area contributed by atoms with Gasteiger partial charge in [0.1, 0.15) is 23.8 Å². The van der Waals surface area contributed by atoms with Gasteiger partial charge in [-0.1, -0.05) is 18.5 Å². The number of aliphatic imine (C=N–C) groups is 1. The molecule has 0 atom stereocenters. The minimum Gasteiger partial charge on any atom is -0.475 e. The lowest BCUT2D eigenvalue weighted by Crippen LogP contribution is -2.39. The van der Waals surface area contributed by atoms with Crippen molar-refractivity contribution in [3.8, 4) is 5.88 Å². The van der Waals surface area contributed by atoms with E-state index in [-0.39, 0.29) is 17.5 Å². The van der Waals surface area contributed by atoms with Gasteiger partial charge in [-0.15, -0.1) is 10.2 Å². The molecular formula is C17H23ClF3N7O. The van der Waals surface area contributed by atoms with Gasteiger partial charge < -0.3 is 19.9 Å². The normalized spacial score (nSPS) is 12.1. The van der Waals surface area contributed by atoms with Crippen molar-refractivity contribution in [3.63, 3.8) is 0 Å². The Labute approximate surface area is 171 Å². The summed E-state index contributed by atoms with van der Waals surface area (Å²) in [7, 11) is 0. The van der Waals surface area contributed by atoms with Gasteiger partial charge in [0.05, 0.1) is 18.7 Å². The molecule has 0 unspecified atom stereocenters. The van der Waals surface area contributed by atoms with Crippen molar-refractivity contribution < 1.29 is 17.9 Å². The van der Waals surface area contributed by atoms with Crippen LogP contribution in [-0.2, 0) is 19.1 Å². The lowest BCUT2D eigenvalue weighted by atomic mass is 10.3. The first-order valence-electron chi connectivity index (χ1n) is 9.09. The average molecular weight is 434 g/mol. The topological polar surface area (TPSA) is 89.2 Å². The van der Waals surface area contributed by atoms with Crippen molar-refractivity contribution in [3.05, 3.63) is 35.0 Å². The highest BCUT2D eigenvalue weighted by Gasteiger charge is 2.31. The third-order valence-corrected chi connectivity index (χ3v) is 4.01. The standard InChI is InChI=1S/C17H23ClF3N7O/c1-3-14-27-26-11-28(14)7-5-23-16(22-4-2)24-6-8-29-15-13(18)9-12(10-25-15)17(19,20)21/h9-11H,3-8H2,1-2H3,(H2,22,23,24). The van der Waals surface area contributed by atoms with E-state index in [2.05, 4.69) is 30.8 Å². The average Bonchev–Trinajstić information content (AvgIpc) is 3.12. The molecule has 0 saturated carbocycles. The SMILES string of the molecule is CCNC(=NCCn1cnnc1CC)NCCOc1ncc(C(F)(F)F)cc1Cl. The van der Waals surface area contributed by atoms with Gasteiger partial charge >= 0.3 is 6.18 Å². The van der Waals surface area contributed by atoms with E-state index in [0.717, 1.165) is 18.3 Å². The van der Waals surface area contributed by atoms with E-state index in [9.17, 15) is 13.2 Å². The van der Waals surface area contributed by atoms with Crippen LogP contribution < -0.4 is 15.4 Å². The summed E-state index contributed by atoms with van der Waals surface area (Å²) < 4.78 is 45.2. The Hall–Kier alpha value is -2.56.